The number of amides is 1. The van der Waals surface area contributed by atoms with Gasteiger partial charge in [0.1, 0.15) is 6.10 Å². The summed E-state index contributed by atoms with van der Waals surface area (Å²) in [6.07, 6.45) is 13.8. The first-order chi connectivity index (χ1) is 20.3. The minimum atomic E-state index is -3.58. The van der Waals surface area contributed by atoms with Crippen molar-refractivity contribution < 1.29 is 27.9 Å². The topological polar surface area (TPSA) is 110 Å². The van der Waals surface area contributed by atoms with Gasteiger partial charge in [-0.3, -0.25) is 14.3 Å². The Hall–Kier alpha value is -1.15. The molecule has 5 saturated carbocycles. The first-order valence-corrected chi connectivity index (χ1v) is 19.3. The van der Waals surface area contributed by atoms with E-state index in [2.05, 4.69) is 25.5 Å². The lowest BCUT2D eigenvalue weighted by molar-refractivity contribution is -0.184. The molecule has 5 rings (SSSR count). The minimum Gasteiger partial charge on any atom is -0.462 e. The lowest BCUT2D eigenvalue weighted by atomic mass is 9.43. The lowest BCUT2D eigenvalue weighted by Crippen LogP contribution is -2.58. The van der Waals surface area contributed by atoms with Crippen LogP contribution in [0.1, 0.15) is 137 Å². The van der Waals surface area contributed by atoms with Crippen molar-refractivity contribution in [2.24, 2.45) is 52.3 Å². The summed E-state index contributed by atoms with van der Waals surface area (Å²) in [5.41, 5.74) is 0.314. The van der Waals surface area contributed by atoms with Gasteiger partial charge in [0.05, 0.1) is 17.3 Å². The first-order valence-electron chi connectivity index (χ1n) is 17.7. The molecule has 0 aromatic carbocycles. The van der Waals surface area contributed by atoms with Crippen LogP contribution in [-0.4, -0.2) is 42.9 Å². The molecular weight excluding hydrogens is 562 g/mol. The predicted molar refractivity (Wildman–Crippen MR) is 168 cm³/mol. The fourth-order valence-electron chi connectivity index (χ4n) is 10.9. The molecular formula is C35H59NO6S. The molecule has 0 aromatic rings. The normalized spacial score (nSPS) is 41.3. The van der Waals surface area contributed by atoms with Crippen LogP contribution in [0, 0.1) is 52.3 Å². The summed E-state index contributed by atoms with van der Waals surface area (Å²) in [6, 6.07) is 0. The number of hydrogen-bond donors (Lipinski definition) is 2. The van der Waals surface area contributed by atoms with Crippen molar-refractivity contribution in [3.05, 3.63) is 0 Å². The maximum absolute atomic E-state index is 12.8. The number of hydrogen-bond acceptors (Lipinski definition) is 6. The Morgan fingerprint density at radius 1 is 0.930 bits per heavy atom. The third kappa shape index (κ3) is 6.44. The molecule has 1 amide bonds. The highest BCUT2D eigenvalue weighted by Gasteiger charge is 2.63. The third-order valence-electron chi connectivity index (χ3n) is 13.8. The molecule has 5 aliphatic carbocycles. The van der Waals surface area contributed by atoms with E-state index in [4.69, 9.17) is 4.74 Å². The van der Waals surface area contributed by atoms with E-state index in [0.29, 0.717) is 54.8 Å². The zero-order chi connectivity index (χ0) is 31.2. The van der Waals surface area contributed by atoms with Crippen molar-refractivity contribution in [2.75, 3.05) is 0 Å². The molecule has 0 heterocycles. The molecule has 11 atom stereocenters. The summed E-state index contributed by atoms with van der Waals surface area (Å²) in [5.74, 6) is 1.98. The van der Waals surface area contributed by atoms with Gasteiger partial charge in [-0.15, -0.1) is 0 Å². The van der Waals surface area contributed by atoms with Crippen molar-refractivity contribution >= 4 is 21.9 Å². The highest BCUT2D eigenvalue weighted by molar-refractivity contribution is 7.90. The summed E-state index contributed by atoms with van der Waals surface area (Å²) < 4.78 is 33.9. The molecule has 0 bridgehead atoms. The van der Waals surface area contributed by atoms with Crippen LogP contribution in [0.2, 0.25) is 0 Å². The zero-order valence-corrected chi connectivity index (χ0v) is 28.3. The zero-order valence-electron chi connectivity index (χ0n) is 27.5. The SMILES string of the molecule is CCC(C)C(=O)O[C@H]1CC[C@@]2(C)C(C1)C[C@@H](O)C1C3CCC(C(C)CCC(=O)NS(=O)(=O)C4CCCCC4)[C@@]3(C)CCC12. The number of carbonyl (C=O) groups is 2. The number of rotatable bonds is 9. The average Bonchev–Trinajstić information content (AvgIpc) is 3.33. The van der Waals surface area contributed by atoms with Gasteiger partial charge in [-0.1, -0.05) is 53.9 Å². The second-order valence-electron chi connectivity index (χ2n) is 16.0. The standard InChI is InChI=1S/C35H59NO6S/c1-6-22(2)33(39)42-25-16-18-34(4)24(20-25)21-30(37)32-28-14-13-27(35(28,5)19-17-29(32)34)23(3)12-15-31(38)36-43(40,41)26-10-8-7-9-11-26/h22-30,32,37H,6-21H2,1-5H3,(H,36,38)/t22?,23?,24?,25-,27?,28?,29?,30+,32?,34-,35+/m0/s1. The van der Waals surface area contributed by atoms with Gasteiger partial charge >= 0.3 is 5.97 Å². The lowest BCUT2D eigenvalue weighted by Gasteiger charge is -2.62. The molecule has 0 saturated heterocycles. The largest absolute Gasteiger partial charge is 0.462 e. The van der Waals surface area contributed by atoms with Gasteiger partial charge in [-0.05, 0) is 123 Å². The summed E-state index contributed by atoms with van der Waals surface area (Å²) in [4.78, 5) is 25.3. The van der Waals surface area contributed by atoms with Crippen LogP contribution >= 0.6 is 0 Å². The fraction of sp³-hybridized carbons (Fsp3) is 0.943. The number of ether oxygens (including phenoxy) is 1. The Labute approximate surface area is 261 Å². The number of fused-ring (bicyclic) bond motifs is 5. The van der Waals surface area contributed by atoms with E-state index in [1.54, 1.807) is 0 Å². The van der Waals surface area contributed by atoms with E-state index in [9.17, 15) is 23.1 Å². The van der Waals surface area contributed by atoms with E-state index >= 15 is 0 Å². The number of aliphatic hydroxyl groups is 1. The fourth-order valence-corrected chi connectivity index (χ4v) is 12.5. The van der Waals surface area contributed by atoms with Crippen molar-refractivity contribution in [2.45, 2.75) is 155 Å². The van der Waals surface area contributed by atoms with Crippen LogP contribution in [0.4, 0.5) is 0 Å². The molecule has 7 unspecified atom stereocenters. The average molecular weight is 622 g/mol. The Morgan fingerprint density at radius 2 is 1.60 bits per heavy atom. The summed E-state index contributed by atoms with van der Waals surface area (Å²) >= 11 is 0. The van der Waals surface area contributed by atoms with Crippen molar-refractivity contribution in [3.63, 3.8) is 0 Å². The second-order valence-corrected chi connectivity index (χ2v) is 18.0. The Kier molecular flexibility index (Phi) is 9.98. The van der Waals surface area contributed by atoms with Crippen molar-refractivity contribution in [1.29, 1.82) is 0 Å². The van der Waals surface area contributed by atoms with Crippen LogP contribution in [-0.2, 0) is 24.3 Å². The molecule has 0 aromatic heterocycles. The van der Waals surface area contributed by atoms with Gasteiger partial charge in [0.2, 0.25) is 15.9 Å². The number of carbonyl (C=O) groups excluding carboxylic acids is 2. The van der Waals surface area contributed by atoms with Gasteiger partial charge in [-0.25, -0.2) is 8.42 Å². The van der Waals surface area contributed by atoms with Crippen LogP contribution < -0.4 is 4.72 Å². The molecule has 0 spiro atoms. The monoisotopic (exact) mass is 621 g/mol. The number of aliphatic hydroxyl groups excluding tert-OH is 1. The summed E-state index contributed by atoms with van der Waals surface area (Å²) in [7, 11) is -3.58. The minimum absolute atomic E-state index is 0.0243. The maximum atomic E-state index is 12.8. The Morgan fingerprint density at radius 3 is 2.30 bits per heavy atom. The van der Waals surface area contributed by atoms with E-state index in [-0.39, 0.29) is 47.3 Å². The second kappa shape index (κ2) is 12.9. The highest BCUT2D eigenvalue weighted by Crippen LogP contribution is 2.68. The molecule has 8 heteroatoms. The van der Waals surface area contributed by atoms with Gasteiger partial charge in [-0.2, -0.15) is 0 Å². The molecule has 43 heavy (non-hydrogen) atoms. The maximum Gasteiger partial charge on any atom is 0.308 e. The van der Waals surface area contributed by atoms with Crippen LogP contribution in [0.25, 0.3) is 0 Å². The molecule has 5 aliphatic rings. The van der Waals surface area contributed by atoms with E-state index < -0.39 is 15.3 Å². The van der Waals surface area contributed by atoms with E-state index in [1.807, 2.05) is 13.8 Å². The predicted octanol–water partition coefficient (Wildman–Crippen LogP) is 6.77. The van der Waals surface area contributed by atoms with Crippen LogP contribution in [0.3, 0.4) is 0 Å². The van der Waals surface area contributed by atoms with E-state index in [0.717, 1.165) is 77.0 Å². The quantitative estimate of drug-likeness (QED) is 0.275. The highest BCUT2D eigenvalue weighted by atomic mass is 32.2. The van der Waals surface area contributed by atoms with Crippen molar-refractivity contribution in [1.82, 2.24) is 4.72 Å². The van der Waals surface area contributed by atoms with E-state index in [1.165, 1.54) is 0 Å². The molecule has 0 aliphatic heterocycles. The first kappa shape index (κ1) is 33.2. The van der Waals surface area contributed by atoms with Crippen LogP contribution in [0.5, 0.6) is 0 Å². The van der Waals surface area contributed by atoms with Crippen LogP contribution in [0.15, 0.2) is 0 Å². The van der Waals surface area contributed by atoms with Gasteiger partial charge < -0.3 is 9.84 Å². The Bertz CT molecular complexity index is 1120. The summed E-state index contributed by atoms with van der Waals surface area (Å²) in [6.45, 7) is 11.1. The Balaban J connectivity index is 1.19. The molecule has 5 fully saturated rings. The molecule has 2 N–H and O–H groups in total. The molecule has 0 radical (unpaired) electrons. The third-order valence-corrected chi connectivity index (χ3v) is 15.6. The molecule has 246 valence electrons. The number of sulfonamides is 1. The van der Waals surface area contributed by atoms with Crippen molar-refractivity contribution in [3.8, 4) is 0 Å². The van der Waals surface area contributed by atoms with Gasteiger partial charge in [0, 0.05) is 6.42 Å². The van der Waals surface area contributed by atoms with Gasteiger partial charge in [0.15, 0.2) is 0 Å². The number of nitrogens with one attached hydrogen (secondary N) is 1. The summed E-state index contributed by atoms with van der Waals surface area (Å²) in [5, 5.41) is 11.3. The number of esters is 1. The van der Waals surface area contributed by atoms with Gasteiger partial charge in [0.25, 0.3) is 0 Å². The smallest absolute Gasteiger partial charge is 0.308 e. The molecule has 7 nitrogen and oxygen atoms in total.